The molecule has 4 nitrogen and oxygen atoms in total. The largest absolute Gasteiger partial charge is 0.333 e. The molecule has 21 heavy (non-hydrogen) atoms. The lowest BCUT2D eigenvalue weighted by Crippen LogP contribution is -2.51. The number of thiophene rings is 2. The molecule has 1 aliphatic heterocycles. The highest BCUT2D eigenvalue weighted by molar-refractivity contribution is 7.09. The van der Waals surface area contributed by atoms with E-state index in [0.717, 1.165) is 32.7 Å². The summed E-state index contributed by atoms with van der Waals surface area (Å²) in [6.45, 7) is 5.13. The summed E-state index contributed by atoms with van der Waals surface area (Å²) in [4.78, 5) is 17.6. The standard InChI is InChI=1S/C15H19N3OS2/c19-15(16-10-14-2-1-8-21-14)18-6-4-17(5-7-18)11-13-3-9-20-12-13/h1-3,8-9,12H,4-7,10-11H2,(H,16,19). The number of piperazine rings is 1. The summed E-state index contributed by atoms with van der Waals surface area (Å²) in [6.07, 6.45) is 0. The Morgan fingerprint density at radius 3 is 2.71 bits per heavy atom. The average Bonchev–Trinajstić information content (AvgIpc) is 3.19. The van der Waals surface area contributed by atoms with Gasteiger partial charge in [0.1, 0.15) is 0 Å². The third-order valence-corrected chi connectivity index (χ3v) is 5.25. The van der Waals surface area contributed by atoms with Crippen molar-refractivity contribution in [2.24, 2.45) is 0 Å². The zero-order valence-electron chi connectivity index (χ0n) is 11.8. The molecule has 3 heterocycles. The van der Waals surface area contributed by atoms with Crippen molar-refractivity contribution in [3.63, 3.8) is 0 Å². The van der Waals surface area contributed by atoms with Gasteiger partial charge in [-0.1, -0.05) is 6.07 Å². The van der Waals surface area contributed by atoms with Crippen molar-refractivity contribution in [1.29, 1.82) is 0 Å². The Hall–Kier alpha value is -1.37. The topological polar surface area (TPSA) is 35.6 Å². The molecule has 0 radical (unpaired) electrons. The summed E-state index contributed by atoms with van der Waals surface area (Å²) in [5, 5.41) is 9.34. The predicted octanol–water partition coefficient (Wildman–Crippen LogP) is 2.84. The van der Waals surface area contributed by atoms with Crippen LogP contribution in [0, 0.1) is 0 Å². The number of nitrogens with one attached hydrogen (secondary N) is 1. The molecule has 0 saturated carbocycles. The van der Waals surface area contributed by atoms with E-state index >= 15 is 0 Å². The highest BCUT2D eigenvalue weighted by atomic mass is 32.1. The maximum atomic E-state index is 12.1. The Bertz CT molecular complexity index is 546. The van der Waals surface area contributed by atoms with E-state index in [1.54, 1.807) is 22.7 Å². The molecule has 0 aromatic carbocycles. The minimum atomic E-state index is 0.0542. The van der Waals surface area contributed by atoms with Gasteiger partial charge in [0.2, 0.25) is 0 Å². The molecule has 2 amide bonds. The Morgan fingerprint density at radius 1 is 1.19 bits per heavy atom. The van der Waals surface area contributed by atoms with Crippen LogP contribution in [-0.2, 0) is 13.1 Å². The lowest BCUT2D eigenvalue weighted by Gasteiger charge is -2.34. The van der Waals surface area contributed by atoms with E-state index in [1.807, 2.05) is 22.4 Å². The van der Waals surface area contributed by atoms with Crippen LogP contribution >= 0.6 is 22.7 Å². The monoisotopic (exact) mass is 321 g/mol. The van der Waals surface area contributed by atoms with Gasteiger partial charge in [0.05, 0.1) is 6.54 Å². The molecule has 3 rings (SSSR count). The Labute approximate surface area is 133 Å². The van der Waals surface area contributed by atoms with Gasteiger partial charge < -0.3 is 10.2 Å². The van der Waals surface area contributed by atoms with Crippen molar-refractivity contribution >= 4 is 28.7 Å². The fourth-order valence-corrected chi connectivity index (χ4v) is 3.74. The summed E-state index contributed by atoms with van der Waals surface area (Å²) in [7, 11) is 0. The Morgan fingerprint density at radius 2 is 2.05 bits per heavy atom. The van der Waals surface area contributed by atoms with Gasteiger partial charge in [-0.2, -0.15) is 11.3 Å². The van der Waals surface area contributed by atoms with Crippen molar-refractivity contribution in [1.82, 2.24) is 15.1 Å². The first-order chi connectivity index (χ1) is 10.3. The van der Waals surface area contributed by atoms with Crippen LogP contribution < -0.4 is 5.32 Å². The molecular weight excluding hydrogens is 302 g/mol. The van der Waals surface area contributed by atoms with Gasteiger partial charge in [-0.05, 0) is 33.8 Å². The van der Waals surface area contributed by atoms with Crippen LogP contribution in [0.3, 0.4) is 0 Å². The van der Waals surface area contributed by atoms with Crippen LogP contribution in [0.5, 0.6) is 0 Å². The number of hydrogen-bond donors (Lipinski definition) is 1. The maximum Gasteiger partial charge on any atom is 0.317 e. The van der Waals surface area contributed by atoms with E-state index in [2.05, 4.69) is 27.0 Å². The van der Waals surface area contributed by atoms with Crippen LogP contribution in [-0.4, -0.2) is 42.0 Å². The molecule has 0 atom stereocenters. The van der Waals surface area contributed by atoms with Gasteiger partial charge in [-0.15, -0.1) is 11.3 Å². The Balaban J connectivity index is 1.41. The van der Waals surface area contributed by atoms with Crippen LogP contribution in [0.15, 0.2) is 34.3 Å². The van der Waals surface area contributed by atoms with Crippen molar-refractivity contribution in [2.45, 2.75) is 13.1 Å². The molecule has 6 heteroatoms. The summed E-state index contributed by atoms with van der Waals surface area (Å²) < 4.78 is 0. The first kappa shape index (κ1) is 14.6. The minimum absolute atomic E-state index is 0.0542. The van der Waals surface area contributed by atoms with Crippen LogP contribution in [0.25, 0.3) is 0 Å². The molecule has 2 aromatic rings. The van der Waals surface area contributed by atoms with Crippen LogP contribution in [0.1, 0.15) is 10.4 Å². The summed E-state index contributed by atoms with van der Waals surface area (Å²) in [5.74, 6) is 0. The molecule has 0 spiro atoms. The molecule has 1 fully saturated rings. The molecule has 0 aliphatic carbocycles. The summed E-state index contributed by atoms with van der Waals surface area (Å²) >= 11 is 3.41. The number of carbonyl (C=O) groups excluding carboxylic acids is 1. The normalized spacial score (nSPS) is 16.1. The highest BCUT2D eigenvalue weighted by Crippen LogP contribution is 2.12. The first-order valence-electron chi connectivity index (χ1n) is 7.10. The van der Waals surface area contributed by atoms with Gasteiger partial charge in [0.25, 0.3) is 0 Å². The number of carbonyl (C=O) groups is 1. The molecule has 1 saturated heterocycles. The van der Waals surface area contributed by atoms with Gasteiger partial charge >= 0.3 is 6.03 Å². The van der Waals surface area contributed by atoms with Gasteiger partial charge in [0, 0.05) is 37.6 Å². The third kappa shape index (κ3) is 4.06. The van der Waals surface area contributed by atoms with E-state index in [-0.39, 0.29) is 6.03 Å². The fraction of sp³-hybridized carbons (Fsp3) is 0.400. The number of hydrogen-bond acceptors (Lipinski definition) is 4. The lowest BCUT2D eigenvalue weighted by molar-refractivity contribution is 0.135. The number of rotatable bonds is 4. The second kappa shape index (κ2) is 7.06. The second-order valence-electron chi connectivity index (χ2n) is 5.13. The van der Waals surface area contributed by atoms with Crippen LogP contribution in [0.4, 0.5) is 4.79 Å². The van der Waals surface area contributed by atoms with E-state index in [0.29, 0.717) is 6.54 Å². The zero-order valence-corrected chi connectivity index (χ0v) is 13.5. The molecular formula is C15H19N3OS2. The smallest absolute Gasteiger partial charge is 0.317 e. The molecule has 112 valence electrons. The van der Waals surface area contributed by atoms with E-state index in [1.165, 1.54) is 10.4 Å². The third-order valence-electron chi connectivity index (χ3n) is 3.64. The zero-order chi connectivity index (χ0) is 14.5. The molecule has 1 aliphatic rings. The first-order valence-corrected chi connectivity index (χ1v) is 8.92. The van der Waals surface area contributed by atoms with E-state index in [9.17, 15) is 4.79 Å². The van der Waals surface area contributed by atoms with Gasteiger partial charge in [-0.3, -0.25) is 4.90 Å². The highest BCUT2D eigenvalue weighted by Gasteiger charge is 2.20. The molecule has 0 bridgehead atoms. The van der Waals surface area contributed by atoms with Crippen LogP contribution in [0.2, 0.25) is 0 Å². The van der Waals surface area contributed by atoms with Crippen molar-refractivity contribution in [3.05, 3.63) is 44.8 Å². The van der Waals surface area contributed by atoms with E-state index < -0.39 is 0 Å². The lowest BCUT2D eigenvalue weighted by atomic mass is 10.2. The Kier molecular flexibility index (Phi) is 4.90. The number of nitrogens with zero attached hydrogens (tertiary/aromatic N) is 2. The predicted molar refractivity (Wildman–Crippen MR) is 87.7 cm³/mol. The minimum Gasteiger partial charge on any atom is -0.333 e. The van der Waals surface area contributed by atoms with Crippen molar-refractivity contribution in [3.8, 4) is 0 Å². The maximum absolute atomic E-state index is 12.1. The summed E-state index contributed by atoms with van der Waals surface area (Å²) in [5.41, 5.74) is 1.37. The van der Waals surface area contributed by atoms with Gasteiger partial charge in [-0.25, -0.2) is 4.79 Å². The van der Waals surface area contributed by atoms with Crippen molar-refractivity contribution in [2.75, 3.05) is 26.2 Å². The molecule has 1 N–H and O–H groups in total. The van der Waals surface area contributed by atoms with Crippen molar-refractivity contribution < 1.29 is 4.79 Å². The average molecular weight is 321 g/mol. The number of urea groups is 1. The fourth-order valence-electron chi connectivity index (χ4n) is 2.44. The molecule has 2 aromatic heterocycles. The summed E-state index contributed by atoms with van der Waals surface area (Å²) in [6, 6.07) is 6.28. The van der Waals surface area contributed by atoms with E-state index in [4.69, 9.17) is 0 Å². The van der Waals surface area contributed by atoms with Gasteiger partial charge in [0.15, 0.2) is 0 Å². The second-order valence-corrected chi connectivity index (χ2v) is 6.95. The quantitative estimate of drug-likeness (QED) is 0.940. The molecule has 0 unspecified atom stereocenters. The SMILES string of the molecule is O=C(NCc1cccs1)N1CCN(Cc2ccsc2)CC1. The number of amides is 2.